The molecule has 1 unspecified atom stereocenters. The molecule has 1 amide bonds. The minimum atomic E-state index is -0.593. The van der Waals surface area contributed by atoms with Crippen LogP contribution in [0.1, 0.15) is 38.7 Å². The van der Waals surface area contributed by atoms with Crippen molar-refractivity contribution in [2.75, 3.05) is 45.9 Å². The Labute approximate surface area is 191 Å². The van der Waals surface area contributed by atoms with Crippen molar-refractivity contribution in [3.05, 3.63) is 48.0 Å². The van der Waals surface area contributed by atoms with Crippen LogP contribution < -0.4 is 24.4 Å². The van der Waals surface area contributed by atoms with Crippen LogP contribution in [0.15, 0.2) is 42.5 Å². The Morgan fingerprint density at radius 1 is 1.03 bits per heavy atom. The Kier molecular flexibility index (Phi) is 7.89. The summed E-state index contributed by atoms with van der Waals surface area (Å²) in [6.07, 6.45) is 2.48. The highest BCUT2D eigenvalue weighted by Crippen LogP contribution is 2.37. The molecule has 0 radical (unpaired) electrons. The first-order chi connectivity index (χ1) is 15.5. The van der Waals surface area contributed by atoms with Gasteiger partial charge in [0, 0.05) is 31.4 Å². The fourth-order valence-electron chi connectivity index (χ4n) is 4.69. The molecule has 0 saturated carbocycles. The molecule has 1 saturated heterocycles. The molecule has 1 heterocycles. The largest absolute Gasteiger partial charge is 0.497 e. The highest BCUT2D eigenvalue weighted by Gasteiger charge is 2.38. The van der Waals surface area contributed by atoms with E-state index in [9.17, 15) is 4.79 Å². The molecule has 0 aliphatic carbocycles. The SMILES string of the molecule is CCC(CC)(C(=O)NCC1CCN(c2cccc(OC)c2)C1)c1ccc(OC)c(OC)c1. The van der Waals surface area contributed by atoms with Crippen molar-refractivity contribution in [1.82, 2.24) is 5.32 Å². The van der Waals surface area contributed by atoms with Crippen LogP contribution in [-0.2, 0) is 10.2 Å². The average Bonchev–Trinajstić information content (AvgIpc) is 3.33. The molecule has 174 valence electrons. The van der Waals surface area contributed by atoms with Crippen molar-refractivity contribution in [2.45, 2.75) is 38.5 Å². The molecule has 1 aliphatic heterocycles. The molecule has 32 heavy (non-hydrogen) atoms. The molecule has 1 N–H and O–H groups in total. The molecular weight excluding hydrogens is 404 g/mol. The number of ether oxygens (including phenoxy) is 3. The molecule has 1 atom stereocenters. The summed E-state index contributed by atoms with van der Waals surface area (Å²) in [5, 5.41) is 3.26. The fraction of sp³-hybridized carbons (Fsp3) is 0.500. The summed E-state index contributed by atoms with van der Waals surface area (Å²) in [5.74, 6) is 2.68. The molecule has 2 aromatic carbocycles. The second-order valence-electron chi connectivity index (χ2n) is 8.37. The number of nitrogens with zero attached hydrogens (tertiary/aromatic N) is 1. The fourth-order valence-corrected chi connectivity index (χ4v) is 4.69. The van der Waals surface area contributed by atoms with Crippen LogP contribution in [0.3, 0.4) is 0 Å². The lowest BCUT2D eigenvalue weighted by molar-refractivity contribution is -0.127. The van der Waals surface area contributed by atoms with E-state index in [0.717, 1.165) is 30.8 Å². The summed E-state index contributed by atoms with van der Waals surface area (Å²) in [5.41, 5.74) is 1.53. The van der Waals surface area contributed by atoms with Crippen LogP contribution in [0.4, 0.5) is 5.69 Å². The number of hydrogen-bond donors (Lipinski definition) is 1. The second-order valence-corrected chi connectivity index (χ2v) is 8.37. The lowest BCUT2D eigenvalue weighted by Crippen LogP contribution is -2.45. The lowest BCUT2D eigenvalue weighted by atomic mass is 9.74. The number of nitrogens with one attached hydrogen (secondary N) is 1. The maximum Gasteiger partial charge on any atom is 0.230 e. The van der Waals surface area contributed by atoms with E-state index in [1.165, 1.54) is 5.69 Å². The summed E-state index contributed by atoms with van der Waals surface area (Å²) in [6.45, 7) is 6.72. The van der Waals surface area contributed by atoms with E-state index in [0.29, 0.717) is 36.8 Å². The van der Waals surface area contributed by atoms with E-state index in [-0.39, 0.29) is 5.91 Å². The highest BCUT2D eigenvalue weighted by atomic mass is 16.5. The molecule has 0 aromatic heterocycles. The molecule has 2 aromatic rings. The third-order valence-electron chi connectivity index (χ3n) is 6.83. The van der Waals surface area contributed by atoms with Gasteiger partial charge in [0.15, 0.2) is 11.5 Å². The first-order valence-electron chi connectivity index (χ1n) is 11.4. The number of anilines is 1. The van der Waals surface area contributed by atoms with E-state index < -0.39 is 5.41 Å². The van der Waals surface area contributed by atoms with Crippen molar-refractivity contribution >= 4 is 11.6 Å². The third-order valence-corrected chi connectivity index (χ3v) is 6.83. The van der Waals surface area contributed by atoms with E-state index in [4.69, 9.17) is 14.2 Å². The van der Waals surface area contributed by atoms with E-state index in [2.05, 4.69) is 36.2 Å². The predicted octanol–water partition coefficient (Wildman–Crippen LogP) is 4.41. The number of carbonyl (C=O) groups is 1. The van der Waals surface area contributed by atoms with Crippen LogP contribution >= 0.6 is 0 Å². The standard InChI is InChI=1S/C26H36N2O4/c1-6-26(7-2,20-11-12-23(31-4)24(15-20)32-5)25(29)27-17-19-13-14-28(18-19)21-9-8-10-22(16-21)30-3/h8-12,15-16,19H,6-7,13-14,17-18H2,1-5H3,(H,27,29). The van der Waals surface area contributed by atoms with Gasteiger partial charge in [0.2, 0.25) is 5.91 Å². The normalized spacial score (nSPS) is 16.0. The minimum Gasteiger partial charge on any atom is -0.497 e. The summed E-state index contributed by atoms with van der Waals surface area (Å²) in [7, 11) is 4.93. The molecular formula is C26H36N2O4. The molecule has 0 bridgehead atoms. The van der Waals surface area contributed by atoms with Crippen molar-refractivity contribution in [3.63, 3.8) is 0 Å². The van der Waals surface area contributed by atoms with Crippen molar-refractivity contribution in [1.29, 1.82) is 0 Å². The van der Waals surface area contributed by atoms with Gasteiger partial charge in [0.1, 0.15) is 5.75 Å². The number of hydrogen-bond acceptors (Lipinski definition) is 5. The Bertz CT molecular complexity index is 910. The number of amides is 1. The molecule has 1 fully saturated rings. The van der Waals surface area contributed by atoms with Gasteiger partial charge < -0.3 is 24.4 Å². The highest BCUT2D eigenvalue weighted by molar-refractivity contribution is 5.88. The summed E-state index contributed by atoms with van der Waals surface area (Å²) < 4.78 is 16.2. The Hall–Kier alpha value is -2.89. The van der Waals surface area contributed by atoms with E-state index >= 15 is 0 Å². The monoisotopic (exact) mass is 440 g/mol. The number of methoxy groups -OCH3 is 3. The minimum absolute atomic E-state index is 0.0783. The third kappa shape index (κ3) is 4.79. The van der Waals surface area contributed by atoms with Gasteiger partial charge in [0.25, 0.3) is 0 Å². The van der Waals surface area contributed by atoms with Gasteiger partial charge >= 0.3 is 0 Å². The van der Waals surface area contributed by atoms with Crippen LogP contribution in [-0.4, -0.2) is 46.9 Å². The van der Waals surface area contributed by atoms with Crippen LogP contribution in [0.25, 0.3) is 0 Å². The van der Waals surface area contributed by atoms with Gasteiger partial charge in [-0.3, -0.25) is 4.79 Å². The second kappa shape index (κ2) is 10.6. The zero-order chi connectivity index (χ0) is 23.1. The van der Waals surface area contributed by atoms with Crippen LogP contribution in [0.2, 0.25) is 0 Å². The molecule has 0 spiro atoms. The quantitative estimate of drug-likeness (QED) is 0.593. The molecule has 6 nitrogen and oxygen atoms in total. The van der Waals surface area contributed by atoms with Crippen molar-refractivity contribution in [2.24, 2.45) is 5.92 Å². The Morgan fingerprint density at radius 2 is 1.78 bits per heavy atom. The number of carbonyl (C=O) groups excluding carboxylic acids is 1. The maximum atomic E-state index is 13.5. The van der Waals surface area contributed by atoms with Gasteiger partial charge in [-0.2, -0.15) is 0 Å². The summed E-state index contributed by atoms with van der Waals surface area (Å²) in [6, 6.07) is 13.9. The maximum absolute atomic E-state index is 13.5. The predicted molar refractivity (Wildman–Crippen MR) is 128 cm³/mol. The smallest absolute Gasteiger partial charge is 0.230 e. The van der Waals surface area contributed by atoms with Crippen molar-refractivity contribution < 1.29 is 19.0 Å². The van der Waals surface area contributed by atoms with Gasteiger partial charge in [-0.1, -0.05) is 26.0 Å². The molecule has 6 heteroatoms. The Balaban J connectivity index is 1.68. The van der Waals surface area contributed by atoms with Gasteiger partial charge in [0.05, 0.1) is 26.7 Å². The van der Waals surface area contributed by atoms with Crippen LogP contribution in [0, 0.1) is 5.92 Å². The molecule has 3 rings (SSSR count). The van der Waals surface area contributed by atoms with Gasteiger partial charge in [-0.25, -0.2) is 0 Å². The van der Waals surface area contributed by atoms with Gasteiger partial charge in [-0.05, 0) is 55.0 Å². The average molecular weight is 441 g/mol. The first-order valence-corrected chi connectivity index (χ1v) is 11.4. The van der Waals surface area contributed by atoms with E-state index in [1.807, 2.05) is 30.3 Å². The van der Waals surface area contributed by atoms with Crippen LogP contribution in [0.5, 0.6) is 17.2 Å². The lowest BCUT2D eigenvalue weighted by Gasteiger charge is -2.32. The summed E-state index contributed by atoms with van der Waals surface area (Å²) in [4.78, 5) is 15.8. The summed E-state index contributed by atoms with van der Waals surface area (Å²) >= 11 is 0. The Morgan fingerprint density at radius 3 is 2.44 bits per heavy atom. The number of rotatable bonds is 10. The topological polar surface area (TPSA) is 60.0 Å². The van der Waals surface area contributed by atoms with Crippen molar-refractivity contribution in [3.8, 4) is 17.2 Å². The zero-order valence-electron chi connectivity index (χ0n) is 19.9. The van der Waals surface area contributed by atoms with E-state index in [1.54, 1.807) is 21.3 Å². The first kappa shape index (κ1) is 23.8. The molecule has 1 aliphatic rings. The number of benzene rings is 2. The van der Waals surface area contributed by atoms with Gasteiger partial charge in [-0.15, -0.1) is 0 Å². The zero-order valence-corrected chi connectivity index (χ0v) is 19.9.